The van der Waals surface area contributed by atoms with Crippen LogP contribution in [0.1, 0.15) is 23.2 Å². The number of carbonyl (C=O) groups is 2. The first kappa shape index (κ1) is 12.7. The molecular formula is C12H13ClN2O3. The van der Waals surface area contributed by atoms with Gasteiger partial charge in [0, 0.05) is 6.54 Å². The zero-order valence-corrected chi connectivity index (χ0v) is 10.4. The number of hydrogen-bond donors (Lipinski definition) is 2. The van der Waals surface area contributed by atoms with Crippen molar-refractivity contribution in [1.29, 1.82) is 0 Å². The number of carboxylic acids is 1. The molecule has 0 bridgehead atoms. The maximum atomic E-state index is 11.4. The molecule has 1 atom stereocenters. The molecule has 2 rings (SSSR count). The zero-order chi connectivity index (χ0) is 13.3. The van der Waals surface area contributed by atoms with Crippen LogP contribution in [0.15, 0.2) is 18.2 Å². The third-order valence-electron chi connectivity index (χ3n) is 3.09. The third kappa shape index (κ3) is 2.13. The van der Waals surface area contributed by atoms with Crippen molar-refractivity contribution in [2.45, 2.75) is 18.9 Å². The first-order chi connectivity index (χ1) is 8.52. The largest absolute Gasteiger partial charge is 0.480 e. The molecule has 5 nitrogen and oxygen atoms in total. The van der Waals surface area contributed by atoms with E-state index in [1.165, 1.54) is 0 Å². The van der Waals surface area contributed by atoms with Crippen molar-refractivity contribution in [2.75, 3.05) is 11.4 Å². The van der Waals surface area contributed by atoms with Gasteiger partial charge in [-0.3, -0.25) is 4.79 Å². The standard InChI is InChI=1S/C12H13ClN2O3/c13-7-3-1-4-8(10(7)11(14)16)15-6-2-5-9(15)12(17)18/h1,3-4,9H,2,5-6H2,(H2,14,16)(H,17,18). The van der Waals surface area contributed by atoms with Crippen LogP contribution in [-0.4, -0.2) is 29.6 Å². The fourth-order valence-corrected chi connectivity index (χ4v) is 2.57. The summed E-state index contributed by atoms with van der Waals surface area (Å²) in [6.45, 7) is 0.581. The molecule has 1 aromatic rings. The van der Waals surface area contributed by atoms with Gasteiger partial charge >= 0.3 is 5.97 Å². The van der Waals surface area contributed by atoms with Crippen LogP contribution in [0.5, 0.6) is 0 Å². The Kier molecular flexibility index (Phi) is 3.43. The highest BCUT2D eigenvalue weighted by molar-refractivity contribution is 6.34. The molecule has 1 unspecified atom stereocenters. The third-order valence-corrected chi connectivity index (χ3v) is 3.40. The summed E-state index contributed by atoms with van der Waals surface area (Å²) in [4.78, 5) is 24.3. The molecule has 1 aromatic carbocycles. The fraction of sp³-hybridized carbons (Fsp3) is 0.333. The number of rotatable bonds is 3. The van der Waals surface area contributed by atoms with Crippen molar-refractivity contribution in [2.24, 2.45) is 5.73 Å². The molecule has 0 aromatic heterocycles. The van der Waals surface area contributed by atoms with E-state index in [1.807, 2.05) is 0 Å². The minimum atomic E-state index is -0.900. The van der Waals surface area contributed by atoms with Crippen molar-refractivity contribution in [1.82, 2.24) is 0 Å². The van der Waals surface area contributed by atoms with Crippen LogP contribution in [0.3, 0.4) is 0 Å². The molecule has 3 N–H and O–H groups in total. The molecule has 0 aliphatic carbocycles. The van der Waals surface area contributed by atoms with E-state index >= 15 is 0 Å². The second-order valence-corrected chi connectivity index (χ2v) is 4.60. The van der Waals surface area contributed by atoms with Gasteiger partial charge in [-0.05, 0) is 25.0 Å². The lowest BCUT2D eigenvalue weighted by Gasteiger charge is -2.25. The molecule has 96 valence electrons. The van der Waals surface area contributed by atoms with Crippen molar-refractivity contribution < 1.29 is 14.7 Å². The Morgan fingerprint density at radius 2 is 2.17 bits per heavy atom. The lowest BCUT2D eigenvalue weighted by atomic mass is 10.1. The van der Waals surface area contributed by atoms with Gasteiger partial charge in [0.05, 0.1) is 16.3 Å². The average molecular weight is 269 g/mol. The van der Waals surface area contributed by atoms with Crippen LogP contribution in [-0.2, 0) is 4.79 Å². The first-order valence-corrected chi connectivity index (χ1v) is 5.98. The predicted octanol–water partition coefficient (Wildman–Crippen LogP) is 1.49. The quantitative estimate of drug-likeness (QED) is 0.870. The van der Waals surface area contributed by atoms with Crippen molar-refractivity contribution in [3.8, 4) is 0 Å². The van der Waals surface area contributed by atoms with E-state index in [-0.39, 0.29) is 10.6 Å². The summed E-state index contributed by atoms with van der Waals surface area (Å²) in [6.07, 6.45) is 1.32. The highest BCUT2D eigenvalue weighted by Crippen LogP contribution is 2.32. The van der Waals surface area contributed by atoms with Crippen LogP contribution in [0.4, 0.5) is 5.69 Å². The number of primary amides is 1. The highest BCUT2D eigenvalue weighted by Gasteiger charge is 2.32. The Bertz CT molecular complexity index is 504. The lowest BCUT2D eigenvalue weighted by Crippen LogP contribution is -2.37. The summed E-state index contributed by atoms with van der Waals surface area (Å²) in [5, 5.41) is 9.40. The van der Waals surface area contributed by atoms with Crippen molar-refractivity contribution >= 4 is 29.2 Å². The molecule has 1 amide bonds. The molecule has 1 heterocycles. The van der Waals surface area contributed by atoms with E-state index in [9.17, 15) is 9.59 Å². The number of nitrogens with zero attached hydrogens (tertiary/aromatic N) is 1. The Hall–Kier alpha value is -1.75. The number of amides is 1. The van der Waals surface area contributed by atoms with Crippen LogP contribution in [0, 0.1) is 0 Å². The van der Waals surface area contributed by atoms with Crippen LogP contribution < -0.4 is 10.6 Å². The Morgan fingerprint density at radius 1 is 1.44 bits per heavy atom. The molecule has 6 heteroatoms. The summed E-state index contributed by atoms with van der Waals surface area (Å²) in [5.74, 6) is -1.55. The Morgan fingerprint density at radius 3 is 2.78 bits per heavy atom. The minimum absolute atomic E-state index is 0.187. The van der Waals surface area contributed by atoms with Gasteiger partial charge in [0.2, 0.25) is 0 Å². The van der Waals surface area contributed by atoms with E-state index in [0.717, 1.165) is 6.42 Å². The topological polar surface area (TPSA) is 83.6 Å². The van der Waals surface area contributed by atoms with E-state index in [2.05, 4.69) is 0 Å². The normalized spacial score (nSPS) is 18.9. The summed E-state index contributed by atoms with van der Waals surface area (Å²) in [7, 11) is 0. The number of carboxylic acid groups (broad SMARTS) is 1. The van der Waals surface area contributed by atoms with E-state index in [0.29, 0.717) is 18.7 Å². The van der Waals surface area contributed by atoms with Gasteiger partial charge in [0.15, 0.2) is 0 Å². The number of anilines is 1. The molecule has 1 saturated heterocycles. The highest BCUT2D eigenvalue weighted by atomic mass is 35.5. The van der Waals surface area contributed by atoms with Crippen LogP contribution >= 0.6 is 11.6 Å². The van der Waals surface area contributed by atoms with Gasteiger partial charge in [0.25, 0.3) is 5.91 Å². The van der Waals surface area contributed by atoms with Gasteiger partial charge in [-0.25, -0.2) is 4.79 Å². The summed E-state index contributed by atoms with van der Waals surface area (Å²) < 4.78 is 0. The lowest BCUT2D eigenvalue weighted by molar-refractivity contribution is -0.138. The minimum Gasteiger partial charge on any atom is -0.480 e. The maximum Gasteiger partial charge on any atom is 0.326 e. The molecule has 0 radical (unpaired) electrons. The van der Waals surface area contributed by atoms with Gasteiger partial charge in [-0.1, -0.05) is 17.7 Å². The second-order valence-electron chi connectivity index (χ2n) is 4.19. The van der Waals surface area contributed by atoms with E-state index in [4.69, 9.17) is 22.4 Å². The van der Waals surface area contributed by atoms with Gasteiger partial charge < -0.3 is 15.7 Å². The molecule has 18 heavy (non-hydrogen) atoms. The molecular weight excluding hydrogens is 256 g/mol. The number of carbonyl (C=O) groups excluding carboxylic acids is 1. The fourth-order valence-electron chi connectivity index (χ4n) is 2.31. The predicted molar refractivity (Wildman–Crippen MR) is 68.0 cm³/mol. The Labute approximate surface area is 109 Å². The molecule has 0 spiro atoms. The van der Waals surface area contributed by atoms with Gasteiger partial charge in [-0.2, -0.15) is 0 Å². The second kappa shape index (κ2) is 4.86. The molecule has 1 fully saturated rings. The van der Waals surface area contributed by atoms with Crippen LogP contribution in [0.2, 0.25) is 5.02 Å². The number of aliphatic carboxylic acids is 1. The van der Waals surface area contributed by atoms with Gasteiger partial charge in [-0.15, -0.1) is 0 Å². The van der Waals surface area contributed by atoms with Crippen molar-refractivity contribution in [3.63, 3.8) is 0 Å². The summed E-state index contributed by atoms with van der Waals surface area (Å²) >= 11 is 5.96. The number of benzene rings is 1. The zero-order valence-electron chi connectivity index (χ0n) is 9.60. The monoisotopic (exact) mass is 268 g/mol. The number of nitrogens with two attached hydrogens (primary N) is 1. The summed E-state index contributed by atoms with van der Waals surface area (Å²) in [5.41, 5.74) is 5.99. The summed E-state index contributed by atoms with van der Waals surface area (Å²) in [6, 6.07) is 4.30. The molecule has 1 aliphatic rings. The first-order valence-electron chi connectivity index (χ1n) is 5.60. The number of hydrogen-bond acceptors (Lipinski definition) is 3. The molecule has 0 saturated carbocycles. The van der Waals surface area contributed by atoms with Crippen LogP contribution in [0.25, 0.3) is 0 Å². The van der Waals surface area contributed by atoms with Crippen molar-refractivity contribution in [3.05, 3.63) is 28.8 Å². The van der Waals surface area contributed by atoms with E-state index in [1.54, 1.807) is 23.1 Å². The smallest absolute Gasteiger partial charge is 0.326 e. The Balaban J connectivity index is 2.48. The maximum absolute atomic E-state index is 11.4. The molecule has 1 aliphatic heterocycles. The number of halogens is 1. The SMILES string of the molecule is NC(=O)c1c(Cl)cccc1N1CCCC1C(=O)O. The average Bonchev–Trinajstić information content (AvgIpc) is 2.76. The van der Waals surface area contributed by atoms with E-state index < -0.39 is 17.9 Å². The van der Waals surface area contributed by atoms with Gasteiger partial charge in [0.1, 0.15) is 6.04 Å².